The quantitative estimate of drug-likeness (QED) is 0.440. The van der Waals surface area contributed by atoms with Gasteiger partial charge in [-0.3, -0.25) is 10.1 Å². The van der Waals surface area contributed by atoms with E-state index in [1.165, 1.54) is 12.1 Å². The molecule has 6 heteroatoms. The van der Waals surface area contributed by atoms with Crippen LogP contribution in [0.15, 0.2) is 12.1 Å². The van der Waals surface area contributed by atoms with Gasteiger partial charge in [0.25, 0.3) is 5.69 Å². The number of hydrogen-bond donors (Lipinski definition) is 0. The largest absolute Gasteiger partial charge is 0.361 e. The zero-order valence-electron chi connectivity index (χ0n) is 7.47. The first-order valence-corrected chi connectivity index (χ1v) is 4.55. The van der Waals surface area contributed by atoms with E-state index >= 15 is 0 Å². The molecule has 1 heterocycles. The van der Waals surface area contributed by atoms with Crippen molar-refractivity contribution in [3.63, 3.8) is 0 Å². The van der Waals surface area contributed by atoms with Gasteiger partial charge in [-0.05, 0) is 6.07 Å². The highest BCUT2D eigenvalue weighted by molar-refractivity contribution is 6.31. The summed E-state index contributed by atoms with van der Waals surface area (Å²) in [6.07, 6.45) is -0.135. The van der Waals surface area contributed by atoms with E-state index < -0.39 is 11.0 Å². The fourth-order valence-electron chi connectivity index (χ4n) is 1.59. The summed E-state index contributed by atoms with van der Waals surface area (Å²) in [6, 6.07) is 2.78. The standard InChI is InChI=1S/C9H6ClNO4/c10-5-1-6-7(4-15-9(6)3-12)8(2-5)11(13)14/h1-3,9H,4H2. The molecule has 0 fully saturated rings. The molecule has 1 aromatic carbocycles. The first-order chi connectivity index (χ1) is 7.13. The van der Waals surface area contributed by atoms with Crippen molar-refractivity contribution in [2.24, 2.45) is 0 Å². The molecule has 0 radical (unpaired) electrons. The molecule has 0 N–H and O–H groups in total. The summed E-state index contributed by atoms with van der Waals surface area (Å²) in [5.74, 6) is 0. The summed E-state index contributed by atoms with van der Waals surface area (Å²) in [7, 11) is 0. The van der Waals surface area contributed by atoms with E-state index in [0.717, 1.165) is 0 Å². The first kappa shape index (κ1) is 10.1. The van der Waals surface area contributed by atoms with Gasteiger partial charge in [-0.2, -0.15) is 0 Å². The van der Waals surface area contributed by atoms with E-state index in [1.807, 2.05) is 0 Å². The van der Waals surface area contributed by atoms with Crippen LogP contribution in [0, 0.1) is 10.1 Å². The Morgan fingerprint density at radius 1 is 1.60 bits per heavy atom. The maximum atomic E-state index is 10.7. The molecule has 1 aromatic rings. The number of nitrogens with zero attached hydrogens (tertiary/aromatic N) is 1. The van der Waals surface area contributed by atoms with Gasteiger partial charge in [-0.15, -0.1) is 0 Å². The number of benzene rings is 1. The van der Waals surface area contributed by atoms with Gasteiger partial charge >= 0.3 is 0 Å². The zero-order valence-corrected chi connectivity index (χ0v) is 8.23. The lowest BCUT2D eigenvalue weighted by Gasteiger charge is -2.02. The van der Waals surface area contributed by atoms with E-state index in [-0.39, 0.29) is 17.3 Å². The molecular weight excluding hydrogens is 222 g/mol. The molecule has 0 amide bonds. The number of nitro benzene ring substituents is 1. The Labute approximate surface area is 89.8 Å². The summed E-state index contributed by atoms with van der Waals surface area (Å²) in [6.45, 7) is 0.0756. The average Bonchev–Trinajstić information content (AvgIpc) is 2.58. The van der Waals surface area contributed by atoms with Gasteiger partial charge in [0.05, 0.1) is 17.1 Å². The molecule has 0 aromatic heterocycles. The number of rotatable bonds is 2. The van der Waals surface area contributed by atoms with Gasteiger partial charge in [0.15, 0.2) is 6.29 Å². The first-order valence-electron chi connectivity index (χ1n) is 4.17. The molecule has 1 atom stereocenters. The maximum Gasteiger partial charge on any atom is 0.276 e. The number of ether oxygens (including phenoxy) is 1. The van der Waals surface area contributed by atoms with E-state index in [9.17, 15) is 14.9 Å². The number of halogens is 1. The van der Waals surface area contributed by atoms with Gasteiger partial charge in [0.2, 0.25) is 0 Å². The van der Waals surface area contributed by atoms with Gasteiger partial charge in [0, 0.05) is 16.7 Å². The van der Waals surface area contributed by atoms with Crippen LogP contribution in [0.3, 0.4) is 0 Å². The number of carbonyl (C=O) groups is 1. The van der Waals surface area contributed by atoms with Crippen molar-refractivity contribution in [2.75, 3.05) is 0 Å². The Bertz CT molecular complexity index is 446. The number of carbonyl (C=O) groups excluding carboxylic acids is 1. The van der Waals surface area contributed by atoms with Crippen molar-refractivity contribution in [1.29, 1.82) is 0 Å². The molecule has 0 saturated heterocycles. The lowest BCUT2D eigenvalue weighted by atomic mass is 10.0. The molecule has 0 saturated carbocycles. The lowest BCUT2D eigenvalue weighted by Crippen LogP contribution is -1.98. The summed E-state index contributed by atoms with van der Waals surface area (Å²) >= 11 is 5.72. The molecule has 15 heavy (non-hydrogen) atoms. The van der Waals surface area contributed by atoms with Crippen LogP contribution in [0.1, 0.15) is 17.2 Å². The monoisotopic (exact) mass is 227 g/mol. The summed E-state index contributed by atoms with van der Waals surface area (Å²) in [5.41, 5.74) is 0.826. The van der Waals surface area contributed by atoms with Crippen LogP contribution in [0.5, 0.6) is 0 Å². The van der Waals surface area contributed by atoms with Crippen LogP contribution < -0.4 is 0 Å². The molecule has 5 nitrogen and oxygen atoms in total. The number of aldehydes is 1. The normalized spacial score (nSPS) is 18.6. The summed E-state index contributed by atoms with van der Waals surface area (Å²) in [4.78, 5) is 20.8. The topological polar surface area (TPSA) is 69.4 Å². The Balaban J connectivity index is 2.62. The van der Waals surface area contributed by atoms with Crippen molar-refractivity contribution in [1.82, 2.24) is 0 Å². The summed E-state index contributed by atoms with van der Waals surface area (Å²) in [5, 5.41) is 10.9. The fourth-order valence-corrected chi connectivity index (χ4v) is 1.81. The predicted octanol–water partition coefficient (Wildman–Crippen LogP) is 2.02. The van der Waals surface area contributed by atoms with Crippen LogP contribution in [0.4, 0.5) is 5.69 Å². The molecule has 1 unspecified atom stereocenters. The van der Waals surface area contributed by atoms with E-state index in [4.69, 9.17) is 16.3 Å². The van der Waals surface area contributed by atoms with Crippen molar-refractivity contribution in [3.8, 4) is 0 Å². The predicted molar refractivity (Wildman–Crippen MR) is 51.7 cm³/mol. The number of hydrogen-bond acceptors (Lipinski definition) is 4. The van der Waals surface area contributed by atoms with E-state index in [0.29, 0.717) is 17.4 Å². The minimum atomic E-state index is -0.739. The minimum Gasteiger partial charge on any atom is -0.361 e. The number of nitro groups is 1. The third-order valence-electron chi connectivity index (χ3n) is 2.26. The molecule has 2 rings (SSSR count). The van der Waals surface area contributed by atoms with Crippen molar-refractivity contribution in [3.05, 3.63) is 38.4 Å². The maximum absolute atomic E-state index is 10.7. The van der Waals surface area contributed by atoms with E-state index in [2.05, 4.69) is 0 Å². The second kappa shape index (κ2) is 3.60. The third-order valence-corrected chi connectivity index (χ3v) is 2.48. The smallest absolute Gasteiger partial charge is 0.276 e. The molecule has 1 aliphatic rings. The Kier molecular flexibility index (Phi) is 2.42. The van der Waals surface area contributed by atoms with Crippen LogP contribution in [0.2, 0.25) is 5.02 Å². The molecule has 0 bridgehead atoms. The summed E-state index contributed by atoms with van der Waals surface area (Å²) < 4.78 is 5.09. The van der Waals surface area contributed by atoms with Crippen molar-refractivity contribution < 1.29 is 14.5 Å². The third kappa shape index (κ3) is 1.60. The van der Waals surface area contributed by atoms with Gasteiger partial charge < -0.3 is 9.53 Å². The SMILES string of the molecule is O=CC1OCc2c1cc(Cl)cc2[N+](=O)[O-]. The van der Waals surface area contributed by atoms with Gasteiger partial charge in [0.1, 0.15) is 6.10 Å². The lowest BCUT2D eigenvalue weighted by molar-refractivity contribution is -0.385. The molecular formula is C9H6ClNO4. The molecule has 78 valence electrons. The molecule has 0 aliphatic carbocycles. The zero-order chi connectivity index (χ0) is 11.0. The highest BCUT2D eigenvalue weighted by Crippen LogP contribution is 2.37. The van der Waals surface area contributed by atoms with Gasteiger partial charge in [-0.1, -0.05) is 11.6 Å². The van der Waals surface area contributed by atoms with Crippen LogP contribution in [-0.2, 0) is 16.1 Å². The number of fused-ring (bicyclic) bond motifs is 1. The van der Waals surface area contributed by atoms with Crippen LogP contribution in [-0.4, -0.2) is 11.2 Å². The van der Waals surface area contributed by atoms with E-state index in [1.54, 1.807) is 0 Å². The van der Waals surface area contributed by atoms with Crippen molar-refractivity contribution in [2.45, 2.75) is 12.7 Å². The Morgan fingerprint density at radius 3 is 2.93 bits per heavy atom. The Morgan fingerprint density at radius 2 is 2.33 bits per heavy atom. The minimum absolute atomic E-state index is 0.0756. The van der Waals surface area contributed by atoms with Crippen LogP contribution in [0.25, 0.3) is 0 Å². The van der Waals surface area contributed by atoms with Gasteiger partial charge in [-0.25, -0.2) is 0 Å². The highest BCUT2D eigenvalue weighted by Gasteiger charge is 2.30. The van der Waals surface area contributed by atoms with Crippen LogP contribution >= 0.6 is 11.6 Å². The van der Waals surface area contributed by atoms with Crippen molar-refractivity contribution >= 4 is 23.6 Å². The second-order valence-electron chi connectivity index (χ2n) is 3.12. The Hall–Kier alpha value is -1.46. The second-order valence-corrected chi connectivity index (χ2v) is 3.55. The average molecular weight is 228 g/mol. The highest BCUT2D eigenvalue weighted by atomic mass is 35.5. The fraction of sp³-hybridized carbons (Fsp3) is 0.222. The molecule has 0 spiro atoms. The molecule has 1 aliphatic heterocycles.